The lowest BCUT2D eigenvalue weighted by atomic mass is 10.2. The maximum Gasteiger partial charge on any atom is 0.0980 e. The molecular weight excluding hydrogens is 208 g/mol. The zero-order valence-electron chi connectivity index (χ0n) is 8.35. The Morgan fingerprint density at radius 2 is 1.93 bits per heavy atom. The second kappa shape index (κ2) is 6.16. The normalized spacial score (nSPS) is 11.3. The fourth-order valence-corrected chi connectivity index (χ4v) is 1.24. The quantitative estimate of drug-likeness (QED) is 0.583. The summed E-state index contributed by atoms with van der Waals surface area (Å²) in [5, 5.41) is 0. The average molecular weight is 222 g/mol. The fraction of sp³-hybridized carbons (Fsp3) is 0.182. The number of benzene rings is 1. The summed E-state index contributed by atoms with van der Waals surface area (Å²) in [4.78, 5) is 0.274. The predicted molar refractivity (Wildman–Crippen MR) is 65.2 cm³/mol. The molecule has 0 heterocycles. The van der Waals surface area contributed by atoms with Gasteiger partial charge in [-0.05, 0) is 11.6 Å². The van der Waals surface area contributed by atoms with E-state index < -0.39 is 0 Å². The Morgan fingerprint density at radius 1 is 1.27 bits per heavy atom. The molecule has 0 bridgehead atoms. The summed E-state index contributed by atoms with van der Waals surface area (Å²) in [6.07, 6.45) is 1.53. The van der Waals surface area contributed by atoms with E-state index in [4.69, 9.17) is 16.2 Å². The maximum atomic E-state index is 5.61. The van der Waals surface area contributed by atoms with Crippen LogP contribution in [-0.2, 0) is 11.3 Å². The molecule has 4 N–H and O–H groups in total. The van der Waals surface area contributed by atoms with Crippen LogP contribution in [0.2, 0.25) is 0 Å². The Labute approximate surface area is 94.7 Å². The minimum Gasteiger partial charge on any atom is -0.400 e. The molecule has 0 amide bonds. The zero-order valence-corrected chi connectivity index (χ0v) is 9.17. The Hall–Kier alpha value is -1.39. The van der Waals surface area contributed by atoms with Crippen molar-refractivity contribution in [3.63, 3.8) is 0 Å². The molecule has 0 spiro atoms. The minimum absolute atomic E-state index is 0.274. The Kier molecular flexibility index (Phi) is 4.80. The van der Waals surface area contributed by atoms with Crippen LogP contribution in [0.3, 0.4) is 0 Å². The van der Waals surface area contributed by atoms with Crippen molar-refractivity contribution in [3.05, 3.63) is 47.7 Å². The first-order chi connectivity index (χ1) is 7.18. The molecule has 1 rings (SSSR count). The van der Waals surface area contributed by atoms with Gasteiger partial charge in [0.2, 0.25) is 0 Å². The molecule has 0 fully saturated rings. The number of hydrogen-bond acceptors (Lipinski definition) is 3. The third-order valence-corrected chi connectivity index (χ3v) is 1.83. The molecule has 0 aliphatic rings. The molecule has 0 saturated heterocycles. The highest BCUT2D eigenvalue weighted by Gasteiger charge is 1.94. The van der Waals surface area contributed by atoms with Gasteiger partial charge in [0.15, 0.2) is 0 Å². The van der Waals surface area contributed by atoms with Crippen molar-refractivity contribution < 1.29 is 4.74 Å². The highest BCUT2D eigenvalue weighted by molar-refractivity contribution is 7.80. The van der Waals surface area contributed by atoms with Gasteiger partial charge in [-0.15, -0.1) is 0 Å². The van der Waals surface area contributed by atoms with Gasteiger partial charge in [-0.3, -0.25) is 0 Å². The largest absolute Gasteiger partial charge is 0.400 e. The highest BCUT2D eigenvalue weighted by Crippen LogP contribution is 2.00. The van der Waals surface area contributed by atoms with Crippen molar-refractivity contribution in [2.24, 2.45) is 11.5 Å². The molecule has 80 valence electrons. The van der Waals surface area contributed by atoms with Crippen LogP contribution in [0.25, 0.3) is 0 Å². The zero-order chi connectivity index (χ0) is 11.1. The van der Waals surface area contributed by atoms with Gasteiger partial charge < -0.3 is 16.2 Å². The van der Waals surface area contributed by atoms with E-state index in [-0.39, 0.29) is 4.99 Å². The molecule has 0 unspecified atom stereocenters. The maximum absolute atomic E-state index is 5.61. The van der Waals surface area contributed by atoms with Gasteiger partial charge in [0, 0.05) is 5.70 Å². The third-order valence-electron chi connectivity index (χ3n) is 1.71. The van der Waals surface area contributed by atoms with Crippen molar-refractivity contribution >= 4 is 17.2 Å². The lowest BCUT2D eigenvalue weighted by molar-refractivity contribution is 0.142. The lowest BCUT2D eigenvalue weighted by Crippen LogP contribution is -2.12. The average Bonchev–Trinajstić information content (AvgIpc) is 2.18. The second-order valence-electron chi connectivity index (χ2n) is 3.10. The summed E-state index contributed by atoms with van der Waals surface area (Å²) < 4.78 is 5.37. The summed E-state index contributed by atoms with van der Waals surface area (Å²) in [5.74, 6) is 0. The molecule has 3 nitrogen and oxygen atoms in total. The smallest absolute Gasteiger partial charge is 0.0980 e. The van der Waals surface area contributed by atoms with Crippen LogP contribution < -0.4 is 11.5 Å². The van der Waals surface area contributed by atoms with Crippen molar-refractivity contribution in [1.82, 2.24) is 0 Å². The molecule has 0 saturated carbocycles. The minimum atomic E-state index is 0.274. The Morgan fingerprint density at radius 3 is 2.53 bits per heavy atom. The first kappa shape index (κ1) is 11.7. The molecule has 1 aromatic rings. The van der Waals surface area contributed by atoms with Gasteiger partial charge >= 0.3 is 0 Å². The van der Waals surface area contributed by atoms with E-state index in [0.29, 0.717) is 18.9 Å². The first-order valence-corrected chi connectivity index (χ1v) is 4.96. The van der Waals surface area contributed by atoms with Crippen molar-refractivity contribution in [2.75, 3.05) is 6.61 Å². The number of nitrogens with two attached hydrogens (primary N) is 2. The van der Waals surface area contributed by atoms with Crippen LogP contribution in [0, 0.1) is 0 Å². The van der Waals surface area contributed by atoms with Crippen LogP contribution in [-0.4, -0.2) is 11.6 Å². The van der Waals surface area contributed by atoms with Gasteiger partial charge in [-0.25, -0.2) is 0 Å². The van der Waals surface area contributed by atoms with Crippen LogP contribution in [0.4, 0.5) is 0 Å². The summed E-state index contributed by atoms with van der Waals surface area (Å²) in [6, 6.07) is 9.88. The van der Waals surface area contributed by atoms with Crippen LogP contribution in [0.5, 0.6) is 0 Å². The molecule has 15 heavy (non-hydrogen) atoms. The van der Waals surface area contributed by atoms with E-state index in [1.54, 1.807) is 0 Å². The van der Waals surface area contributed by atoms with Gasteiger partial charge in [0.1, 0.15) is 0 Å². The Bertz CT molecular complexity index is 349. The third kappa shape index (κ3) is 5.15. The van der Waals surface area contributed by atoms with Gasteiger partial charge in [0.25, 0.3) is 0 Å². The molecule has 0 aromatic heterocycles. The van der Waals surface area contributed by atoms with Gasteiger partial charge in [-0.1, -0.05) is 42.5 Å². The van der Waals surface area contributed by atoms with Gasteiger partial charge in [0.05, 0.1) is 18.2 Å². The molecule has 0 aliphatic heterocycles. The van der Waals surface area contributed by atoms with Gasteiger partial charge in [-0.2, -0.15) is 0 Å². The topological polar surface area (TPSA) is 61.3 Å². The fourth-order valence-electron chi connectivity index (χ4n) is 1.09. The summed E-state index contributed by atoms with van der Waals surface area (Å²) >= 11 is 4.68. The number of thiocarbonyl (C=S) groups is 1. The SMILES string of the molecule is NC(=S)C=C(N)COCc1ccccc1. The van der Waals surface area contributed by atoms with E-state index in [1.807, 2.05) is 30.3 Å². The molecular formula is C11H14N2OS. The molecule has 0 radical (unpaired) electrons. The standard InChI is InChI=1S/C11H14N2OS/c12-10(6-11(13)15)8-14-7-9-4-2-1-3-5-9/h1-6H,7-8,12H2,(H2,13,15). The van der Waals surface area contributed by atoms with Crippen molar-refractivity contribution in [2.45, 2.75) is 6.61 Å². The van der Waals surface area contributed by atoms with E-state index in [1.165, 1.54) is 6.08 Å². The molecule has 4 heteroatoms. The van der Waals surface area contributed by atoms with Crippen molar-refractivity contribution in [3.8, 4) is 0 Å². The number of hydrogen-bond donors (Lipinski definition) is 2. The number of ether oxygens (including phenoxy) is 1. The highest BCUT2D eigenvalue weighted by atomic mass is 32.1. The van der Waals surface area contributed by atoms with Crippen molar-refractivity contribution in [1.29, 1.82) is 0 Å². The van der Waals surface area contributed by atoms with Crippen LogP contribution in [0.15, 0.2) is 42.1 Å². The molecule has 0 aliphatic carbocycles. The van der Waals surface area contributed by atoms with Crippen LogP contribution >= 0.6 is 12.2 Å². The number of rotatable bonds is 5. The summed E-state index contributed by atoms with van der Waals surface area (Å²) in [5.41, 5.74) is 12.6. The molecule has 0 atom stereocenters. The van der Waals surface area contributed by atoms with E-state index >= 15 is 0 Å². The Balaban J connectivity index is 2.31. The van der Waals surface area contributed by atoms with E-state index in [9.17, 15) is 0 Å². The van der Waals surface area contributed by atoms with E-state index in [2.05, 4.69) is 12.2 Å². The predicted octanol–water partition coefficient (Wildman–Crippen LogP) is 1.33. The van der Waals surface area contributed by atoms with E-state index in [0.717, 1.165) is 5.56 Å². The van der Waals surface area contributed by atoms with Crippen LogP contribution in [0.1, 0.15) is 5.56 Å². The lowest BCUT2D eigenvalue weighted by Gasteiger charge is -2.04. The second-order valence-corrected chi connectivity index (χ2v) is 3.57. The molecule has 1 aromatic carbocycles. The summed E-state index contributed by atoms with van der Waals surface area (Å²) in [7, 11) is 0. The summed E-state index contributed by atoms with van der Waals surface area (Å²) in [6.45, 7) is 0.874. The monoisotopic (exact) mass is 222 g/mol. The first-order valence-electron chi connectivity index (χ1n) is 4.55.